The van der Waals surface area contributed by atoms with Gasteiger partial charge in [0.2, 0.25) is 0 Å². The smallest absolute Gasteiger partial charge is 0.310 e. The Labute approximate surface area is 327 Å². The lowest BCUT2D eigenvalue weighted by Crippen LogP contribution is -2.66. The Bertz CT molecular complexity index is 1830. The van der Waals surface area contributed by atoms with Crippen molar-refractivity contribution in [2.24, 2.45) is 0 Å². The number of hydrogen-bond donors (Lipinski definition) is 0. The standard InChI is InChI=1S/C26H27F18N5S6/c1-11(2)47-15(52-5)13(45(17(47)50)9-7-20(30,31)23(36,37)24(38,39)25(40,41)26(42,43)44)53-49-54-14-16(55-49)48(12(3)4)18(51)46(14)8-6-19(28,29)22(34,35)21(32,33)10-27/h11-12H,6-10H2,1-5H3. The molecule has 0 saturated carbocycles. The van der Waals surface area contributed by atoms with Crippen LogP contribution >= 0.6 is 72.0 Å². The summed E-state index contributed by atoms with van der Waals surface area (Å²) in [5.41, 5.74) is 0. The van der Waals surface area contributed by atoms with Crippen molar-refractivity contribution in [3.8, 4) is 0 Å². The highest BCUT2D eigenvalue weighted by Gasteiger charge is 2.86. The molecule has 0 spiro atoms. The van der Waals surface area contributed by atoms with Crippen molar-refractivity contribution >= 4 is 72.0 Å². The summed E-state index contributed by atoms with van der Waals surface area (Å²) in [5.74, 6) is -46.0. The van der Waals surface area contributed by atoms with Gasteiger partial charge in [0.05, 0.1) is 0 Å². The molecular weight excluding hydrogens is 917 g/mol. The zero-order valence-electron chi connectivity index (χ0n) is 28.2. The van der Waals surface area contributed by atoms with Crippen LogP contribution in [0.3, 0.4) is 0 Å². The van der Waals surface area contributed by atoms with Gasteiger partial charge in [0.25, 0.3) is 0 Å². The fourth-order valence-corrected chi connectivity index (χ4v) is 11.0. The minimum absolute atomic E-state index is 0.0364. The molecule has 0 fully saturated rings. The van der Waals surface area contributed by atoms with Crippen LogP contribution in [0.25, 0.3) is 0 Å². The van der Waals surface area contributed by atoms with Crippen LogP contribution in [0.2, 0.25) is 0 Å². The largest absolute Gasteiger partial charge is 0.460 e. The molecule has 55 heavy (non-hydrogen) atoms. The SMILES string of the molecule is CSc1c(SN2Sc3c(n(C(C)C)c(=S)n3CCC(F)(F)C(F)(F)C(F)(F)CF)S2)n(CCC(F)(F)C(F)(F)C(F)(F)C(F)(F)C(F)(F)F)c(=S)n1C(C)C. The van der Waals surface area contributed by atoms with Crippen molar-refractivity contribution in [1.82, 2.24) is 21.4 Å². The van der Waals surface area contributed by atoms with Crippen molar-refractivity contribution in [3.05, 3.63) is 9.54 Å². The first kappa shape index (κ1) is 48.3. The molecular formula is C26H27F18N5S6. The predicted molar refractivity (Wildman–Crippen MR) is 174 cm³/mol. The maximum absolute atomic E-state index is 14.8. The number of thioether (sulfide) groups is 1. The van der Waals surface area contributed by atoms with Gasteiger partial charge in [-0.25, -0.2) is 4.39 Å². The fraction of sp³-hybridized carbons (Fsp3) is 0.769. The molecule has 2 aromatic heterocycles. The second kappa shape index (κ2) is 15.9. The van der Waals surface area contributed by atoms with Gasteiger partial charge in [-0.1, -0.05) is 0 Å². The van der Waals surface area contributed by atoms with Crippen molar-refractivity contribution in [3.63, 3.8) is 0 Å². The first-order valence-electron chi connectivity index (χ1n) is 15.0. The first-order valence-corrected chi connectivity index (χ1v) is 19.3. The summed E-state index contributed by atoms with van der Waals surface area (Å²) in [6.45, 7) is 0.500. The fourth-order valence-electron chi connectivity index (χ4n) is 4.84. The van der Waals surface area contributed by atoms with Gasteiger partial charge in [-0.2, -0.15) is 74.6 Å². The molecule has 0 amide bonds. The third kappa shape index (κ3) is 8.14. The minimum atomic E-state index is -7.62. The van der Waals surface area contributed by atoms with Gasteiger partial charge in [0, 0.05) is 73.9 Å². The van der Waals surface area contributed by atoms with Gasteiger partial charge >= 0.3 is 47.6 Å². The average Bonchev–Trinajstić information content (AvgIpc) is 3.64. The van der Waals surface area contributed by atoms with Gasteiger partial charge in [0.15, 0.2) is 16.2 Å². The molecule has 318 valence electrons. The van der Waals surface area contributed by atoms with Crippen LogP contribution in [-0.2, 0) is 13.1 Å². The summed E-state index contributed by atoms with van der Waals surface area (Å²) in [7, 11) is 0. The Morgan fingerprint density at radius 1 is 0.564 bits per heavy atom. The topological polar surface area (TPSA) is 23.0 Å². The Balaban J connectivity index is 2.04. The summed E-state index contributed by atoms with van der Waals surface area (Å²) < 4.78 is 252. The van der Waals surface area contributed by atoms with Crippen LogP contribution in [-0.4, -0.2) is 81.9 Å². The monoisotopic (exact) mass is 943 g/mol. The van der Waals surface area contributed by atoms with Gasteiger partial charge in [-0.05, 0) is 58.4 Å². The van der Waals surface area contributed by atoms with Crippen LogP contribution in [0.5, 0.6) is 0 Å². The second-order valence-electron chi connectivity index (χ2n) is 12.3. The lowest BCUT2D eigenvalue weighted by Gasteiger charge is -2.37. The van der Waals surface area contributed by atoms with E-state index in [-0.39, 0.29) is 24.9 Å². The summed E-state index contributed by atoms with van der Waals surface area (Å²) in [6.07, 6.45) is -10.3. The summed E-state index contributed by atoms with van der Waals surface area (Å²) >= 11 is 13.5. The Kier molecular flexibility index (Phi) is 13.9. The van der Waals surface area contributed by atoms with Gasteiger partial charge in [-0.3, -0.25) is 0 Å². The van der Waals surface area contributed by atoms with Crippen LogP contribution < -0.4 is 0 Å². The number of rotatable bonds is 17. The average molecular weight is 944 g/mol. The van der Waals surface area contributed by atoms with E-state index in [0.717, 1.165) is 28.3 Å². The number of alkyl halides is 18. The lowest BCUT2D eigenvalue weighted by molar-refractivity contribution is -0.422. The zero-order chi connectivity index (χ0) is 42.9. The van der Waals surface area contributed by atoms with E-state index in [9.17, 15) is 79.0 Å². The first-order chi connectivity index (χ1) is 24.6. The van der Waals surface area contributed by atoms with E-state index in [4.69, 9.17) is 24.4 Å². The van der Waals surface area contributed by atoms with Crippen LogP contribution in [0.1, 0.15) is 52.6 Å². The van der Waals surface area contributed by atoms with Gasteiger partial charge in [-0.15, -0.1) is 14.9 Å². The minimum Gasteiger partial charge on any atom is -0.310 e. The Hall–Kier alpha value is -1.04. The molecule has 0 aromatic carbocycles. The molecule has 0 saturated heterocycles. The zero-order valence-corrected chi connectivity index (χ0v) is 33.1. The molecule has 2 aromatic rings. The van der Waals surface area contributed by atoms with E-state index in [1.807, 2.05) is 0 Å². The number of halogens is 18. The molecule has 0 unspecified atom stereocenters. The van der Waals surface area contributed by atoms with E-state index >= 15 is 0 Å². The Morgan fingerprint density at radius 2 is 1.00 bits per heavy atom. The molecule has 29 heteroatoms. The highest BCUT2D eigenvalue weighted by molar-refractivity contribution is 8.27. The number of fused-ring (bicyclic) bond motifs is 1. The molecule has 1 aliphatic rings. The number of nitrogens with zero attached hydrogens (tertiary/aromatic N) is 5. The molecule has 5 nitrogen and oxygen atoms in total. The molecule has 0 radical (unpaired) electrons. The number of aromatic nitrogens is 4. The molecule has 0 N–H and O–H groups in total. The van der Waals surface area contributed by atoms with E-state index in [1.165, 1.54) is 32.4 Å². The third-order valence-electron chi connectivity index (χ3n) is 7.87. The van der Waals surface area contributed by atoms with E-state index < -0.39 is 97.1 Å². The number of imidazole rings is 2. The lowest BCUT2D eigenvalue weighted by atomic mass is 9.96. The van der Waals surface area contributed by atoms with Crippen LogP contribution in [0.4, 0.5) is 79.0 Å². The van der Waals surface area contributed by atoms with Crippen molar-refractivity contribution in [1.29, 1.82) is 0 Å². The molecule has 3 heterocycles. The second-order valence-corrected chi connectivity index (χ2v) is 17.3. The quantitative estimate of drug-likeness (QED) is 0.0674. The van der Waals surface area contributed by atoms with Gasteiger partial charge < -0.3 is 18.3 Å². The predicted octanol–water partition coefficient (Wildman–Crippen LogP) is 13.0. The highest BCUT2D eigenvalue weighted by atomic mass is 32.3. The molecule has 0 atom stereocenters. The third-order valence-corrected chi connectivity index (χ3v) is 13.3. The van der Waals surface area contributed by atoms with Crippen molar-refractivity contribution in [2.75, 3.05) is 12.9 Å². The van der Waals surface area contributed by atoms with Crippen molar-refractivity contribution in [2.45, 2.75) is 133 Å². The maximum atomic E-state index is 14.8. The van der Waals surface area contributed by atoms with E-state index in [1.54, 1.807) is 13.8 Å². The molecule has 1 aliphatic heterocycles. The maximum Gasteiger partial charge on any atom is 0.460 e. The van der Waals surface area contributed by atoms with Crippen LogP contribution in [0.15, 0.2) is 20.1 Å². The summed E-state index contributed by atoms with van der Waals surface area (Å²) in [6, 6.07) is -1.19. The van der Waals surface area contributed by atoms with Crippen molar-refractivity contribution < 1.29 is 79.0 Å². The van der Waals surface area contributed by atoms with E-state index in [0.29, 0.717) is 28.5 Å². The van der Waals surface area contributed by atoms with E-state index in [2.05, 4.69) is 0 Å². The number of hydrogen-bond acceptors (Lipinski definition) is 7. The summed E-state index contributed by atoms with van der Waals surface area (Å²) in [5, 5.41) is 0.0419. The van der Waals surface area contributed by atoms with Gasteiger partial charge in [0.1, 0.15) is 20.1 Å². The van der Waals surface area contributed by atoms with Crippen LogP contribution in [0, 0.1) is 9.54 Å². The molecule has 3 rings (SSSR count). The highest BCUT2D eigenvalue weighted by Crippen LogP contribution is 2.59. The Morgan fingerprint density at radius 3 is 1.44 bits per heavy atom. The summed E-state index contributed by atoms with van der Waals surface area (Å²) in [4.78, 5) is 0. The molecule has 0 aliphatic carbocycles. The molecule has 0 bridgehead atoms. The normalized spacial score (nSPS) is 15.9.